The highest BCUT2D eigenvalue weighted by atomic mass is 19.2. The Morgan fingerprint density at radius 2 is 2.00 bits per heavy atom. The summed E-state index contributed by atoms with van der Waals surface area (Å²) in [6.07, 6.45) is 6.67. The molecule has 2 N–H and O–H groups in total. The number of fused-ring (bicyclic) bond motifs is 1. The van der Waals surface area contributed by atoms with E-state index >= 15 is 0 Å². The van der Waals surface area contributed by atoms with Gasteiger partial charge in [-0.2, -0.15) is 0 Å². The molecule has 0 atom stereocenters. The Bertz CT molecular complexity index is 1310. The maximum Gasteiger partial charge on any atom is 0.224 e. The van der Waals surface area contributed by atoms with Crippen LogP contribution in [0.25, 0.3) is 33.5 Å². The highest BCUT2D eigenvalue weighted by Gasteiger charge is 2.25. The molecule has 33 heavy (non-hydrogen) atoms. The number of benzene rings is 1. The van der Waals surface area contributed by atoms with Crippen molar-refractivity contribution >= 4 is 16.9 Å². The summed E-state index contributed by atoms with van der Waals surface area (Å²) in [6.45, 7) is 1.12. The van der Waals surface area contributed by atoms with Crippen LogP contribution in [0.5, 0.6) is 0 Å². The molecule has 4 aromatic rings. The van der Waals surface area contributed by atoms with Gasteiger partial charge in [-0.15, -0.1) is 0 Å². The number of hydrogen-bond acceptors (Lipinski definition) is 5. The fourth-order valence-electron chi connectivity index (χ4n) is 4.48. The topological polar surface area (TPSA) is 95.2 Å². The number of pyridine rings is 1. The lowest BCUT2D eigenvalue weighted by molar-refractivity contribution is -0.132. The summed E-state index contributed by atoms with van der Waals surface area (Å²) >= 11 is 0. The molecule has 0 spiro atoms. The number of likely N-dealkylation sites (tertiary alicyclic amines) is 1. The van der Waals surface area contributed by atoms with E-state index in [9.17, 15) is 13.6 Å². The van der Waals surface area contributed by atoms with Crippen molar-refractivity contribution < 1.29 is 23.2 Å². The first-order chi connectivity index (χ1) is 16.1. The standard InChI is InChI=1S/C24H22F2N4O3/c25-20-3-1-2-16(22(20)26)19-13-29-33-23(19)18-12-28-24-17(18)10-15(11-27-24)14-4-7-30(8-5-14)21(32)6-9-31/h1-3,10-14,31H,4-9H2,(H,27,28). The van der Waals surface area contributed by atoms with E-state index in [1.54, 1.807) is 11.1 Å². The van der Waals surface area contributed by atoms with Crippen molar-refractivity contribution in [3.05, 3.63) is 60.1 Å². The normalized spacial score (nSPS) is 14.8. The van der Waals surface area contributed by atoms with Crippen molar-refractivity contribution in [2.24, 2.45) is 0 Å². The van der Waals surface area contributed by atoms with Crippen molar-refractivity contribution in [2.75, 3.05) is 19.7 Å². The van der Waals surface area contributed by atoms with Gasteiger partial charge in [0.1, 0.15) is 5.65 Å². The Kier molecular flexibility index (Phi) is 5.63. The maximum absolute atomic E-state index is 14.4. The number of aromatic nitrogens is 3. The van der Waals surface area contributed by atoms with Crippen LogP contribution in [-0.4, -0.2) is 50.7 Å². The molecular weight excluding hydrogens is 430 g/mol. The summed E-state index contributed by atoms with van der Waals surface area (Å²) in [5.74, 6) is -1.36. The van der Waals surface area contributed by atoms with Gasteiger partial charge in [-0.3, -0.25) is 4.79 Å². The number of aliphatic hydroxyl groups excluding tert-OH is 1. The molecule has 1 fully saturated rings. The second kappa shape index (κ2) is 8.74. The van der Waals surface area contributed by atoms with Crippen molar-refractivity contribution in [2.45, 2.75) is 25.2 Å². The largest absolute Gasteiger partial charge is 0.396 e. The predicted octanol–water partition coefficient (Wildman–Crippen LogP) is 4.25. The van der Waals surface area contributed by atoms with Gasteiger partial charge < -0.3 is 19.5 Å². The predicted molar refractivity (Wildman–Crippen MR) is 117 cm³/mol. The van der Waals surface area contributed by atoms with Crippen LogP contribution in [0, 0.1) is 11.6 Å². The molecule has 1 saturated heterocycles. The van der Waals surface area contributed by atoms with Crippen molar-refractivity contribution in [1.82, 2.24) is 20.0 Å². The summed E-state index contributed by atoms with van der Waals surface area (Å²) in [4.78, 5) is 21.5. The number of aromatic amines is 1. The number of rotatable bonds is 5. The van der Waals surface area contributed by atoms with Gasteiger partial charge in [-0.05, 0) is 36.5 Å². The minimum atomic E-state index is -0.955. The molecule has 4 heterocycles. The Balaban J connectivity index is 1.46. The molecule has 5 rings (SSSR count). The number of halogens is 2. The van der Waals surface area contributed by atoms with E-state index in [1.165, 1.54) is 18.3 Å². The third kappa shape index (κ3) is 3.89. The minimum absolute atomic E-state index is 0.0279. The van der Waals surface area contributed by atoms with Crippen molar-refractivity contribution in [3.63, 3.8) is 0 Å². The smallest absolute Gasteiger partial charge is 0.224 e. The van der Waals surface area contributed by atoms with Gasteiger partial charge in [0, 0.05) is 48.4 Å². The highest BCUT2D eigenvalue weighted by Crippen LogP contribution is 2.38. The van der Waals surface area contributed by atoms with Crippen LogP contribution >= 0.6 is 0 Å². The zero-order chi connectivity index (χ0) is 22.9. The zero-order valence-electron chi connectivity index (χ0n) is 17.7. The molecule has 9 heteroatoms. The molecule has 0 aliphatic carbocycles. The first-order valence-corrected chi connectivity index (χ1v) is 10.8. The number of amides is 1. The van der Waals surface area contributed by atoms with E-state index < -0.39 is 11.6 Å². The average molecular weight is 452 g/mol. The Labute approximate surface area is 188 Å². The van der Waals surface area contributed by atoms with E-state index in [4.69, 9.17) is 9.63 Å². The summed E-state index contributed by atoms with van der Waals surface area (Å²) in [7, 11) is 0. The van der Waals surface area contributed by atoms with E-state index in [0.29, 0.717) is 35.6 Å². The fraction of sp³-hybridized carbons (Fsp3) is 0.292. The van der Waals surface area contributed by atoms with Crippen molar-refractivity contribution in [1.29, 1.82) is 0 Å². The molecule has 1 amide bonds. The molecule has 0 bridgehead atoms. The molecule has 3 aromatic heterocycles. The minimum Gasteiger partial charge on any atom is -0.396 e. The average Bonchev–Trinajstić information content (AvgIpc) is 3.47. The molecule has 170 valence electrons. The van der Waals surface area contributed by atoms with E-state index in [2.05, 4.69) is 15.1 Å². The molecule has 0 saturated carbocycles. The number of hydrogen-bond donors (Lipinski definition) is 2. The van der Waals surface area contributed by atoms with E-state index in [0.717, 1.165) is 29.9 Å². The van der Waals surface area contributed by atoms with Gasteiger partial charge in [0.25, 0.3) is 0 Å². The Morgan fingerprint density at radius 1 is 1.18 bits per heavy atom. The molecule has 1 aliphatic heterocycles. The van der Waals surface area contributed by atoms with Crippen LogP contribution < -0.4 is 0 Å². The number of H-pyrrole nitrogens is 1. The summed E-state index contributed by atoms with van der Waals surface area (Å²) in [5.41, 5.74) is 2.77. The molecule has 1 aliphatic rings. The lowest BCUT2D eigenvalue weighted by atomic mass is 9.89. The van der Waals surface area contributed by atoms with Crippen LogP contribution in [0.3, 0.4) is 0 Å². The summed E-state index contributed by atoms with van der Waals surface area (Å²) in [5, 5.41) is 13.6. The monoisotopic (exact) mass is 452 g/mol. The van der Waals surface area contributed by atoms with Gasteiger partial charge >= 0.3 is 0 Å². The Morgan fingerprint density at radius 3 is 2.79 bits per heavy atom. The number of aliphatic hydroxyl groups is 1. The van der Waals surface area contributed by atoms with Gasteiger partial charge in [0.05, 0.1) is 18.4 Å². The molecule has 1 aromatic carbocycles. The maximum atomic E-state index is 14.4. The van der Waals surface area contributed by atoms with Crippen LogP contribution in [0.15, 0.2) is 47.4 Å². The quantitative estimate of drug-likeness (QED) is 0.472. The van der Waals surface area contributed by atoms with Crippen LogP contribution in [0.4, 0.5) is 8.78 Å². The number of piperidine rings is 1. The van der Waals surface area contributed by atoms with E-state index in [-0.39, 0.29) is 30.4 Å². The highest BCUT2D eigenvalue weighted by molar-refractivity contribution is 5.96. The lowest BCUT2D eigenvalue weighted by Gasteiger charge is -2.32. The molecule has 7 nitrogen and oxygen atoms in total. The van der Waals surface area contributed by atoms with Gasteiger partial charge in [0.2, 0.25) is 5.91 Å². The third-order valence-electron chi connectivity index (χ3n) is 6.25. The van der Waals surface area contributed by atoms with E-state index in [1.807, 2.05) is 12.3 Å². The second-order valence-corrected chi connectivity index (χ2v) is 8.17. The first-order valence-electron chi connectivity index (χ1n) is 10.8. The second-order valence-electron chi connectivity index (χ2n) is 8.17. The number of nitrogens with zero attached hydrogens (tertiary/aromatic N) is 3. The number of carbonyl (C=O) groups excluding carboxylic acids is 1. The number of nitrogens with one attached hydrogen (secondary N) is 1. The Hall–Kier alpha value is -3.59. The van der Waals surface area contributed by atoms with Gasteiger partial charge in [-0.1, -0.05) is 17.3 Å². The molecule has 0 radical (unpaired) electrons. The lowest BCUT2D eigenvalue weighted by Crippen LogP contribution is -2.38. The summed E-state index contributed by atoms with van der Waals surface area (Å²) < 4.78 is 33.7. The SMILES string of the molecule is O=C(CCO)N1CCC(c2cnc3[nH]cc(-c4oncc4-c4cccc(F)c4F)c3c2)CC1. The van der Waals surface area contributed by atoms with Gasteiger partial charge in [-0.25, -0.2) is 13.8 Å². The first kappa shape index (κ1) is 21.3. The molecular formula is C24H22F2N4O3. The van der Waals surface area contributed by atoms with Crippen LogP contribution in [0.2, 0.25) is 0 Å². The summed E-state index contributed by atoms with van der Waals surface area (Å²) in [6, 6.07) is 6.02. The molecule has 0 unspecified atom stereocenters. The van der Waals surface area contributed by atoms with Crippen LogP contribution in [-0.2, 0) is 4.79 Å². The third-order valence-corrected chi connectivity index (χ3v) is 6.25. The number of carbonyl (C=O) groups is 1. The fourth-order valence-corrected chi connectivity index (χ4v) is 4.48. The van der Waals surface area contributed by atoms with Gasteiger partial charge in [0.15, 0.2) is 17.4 Å². The van der Waals surface area contributed by atoms with Crippen LogP contribution in [0.1, 0.15) is 30.7 Å². The zero-order valence-corrected chi connectivity index (χ0v) is 17.7. The van der Waals surface area contributed by atoms with Crippen molar-refractivity contribution in [3.8, 4) is 22.5 Å².